The van der Waals surface area contributed by atoms with E-state index in [1.807, 2.05) is 0 Å². The van der Waals surface area contributed by atoms with Crippen LogP contribution in [0.25, 0.3) is 0 Å². The first-order chi connectivity index (χ1) is 7.18. The van der Waals surface area contributed by atoms with Crippen LogP contribution < -0.4 is 5.73 Å². The fourth-order valence-electron chi connectivity index (χ4n) is 3.07. The van der Waals surface area contributed by atoms with Crippen molar-refractivity contribution in [1.29, 1.82) is 0 Å². The molecule has 1 aliphatic rings. The van der Waals surface area contributed by atoms with E-state index in [0.29, 0.717) is 5.54 Å². The first kappa shape index (κ1) is 13.0. The zero-order valence-electron chi connectivity index (χ0n) is 10.8. The normalized spacial score (nSPS) is 32.2. The fourth-order valence-corrected chi connectivity index (χ4v) is 3.07. The van der Waals surface area contributed by atoms with Crippen LogP contribution in [0.4, 0.5) is 0 Å². The summed E-state index contributed by atoms with van der Waals surface area (Å²) in [6.45, 7) is 6.59. The van der Waals surface area contributed by atoms with Crippen molar-refractivity contribution in [2.24, 2.45) is 11.7 Å². The smallest absolute Gasteiger partial charge is 0.0331 e. The second kappa shape index (κ2) is 5.86. The minimum atomic E-state index is 0.314. The first-order valence-electron chi connectivity index (χ1n) is 6.59. The number of likely N-dealkylation sites (N-methyl/N-ethyl adjacent to an activating group) is 1. The summed E-state index contributed by atoms with van der Waals surface area (Å²) in [4.78, 5) is 2.52. The maximum absolute atomic E-state index is 6.04. The zero-order valence-corrected chi connectivity index (χ0v) is 10.8. The van der Waals surface area contributed by atoms with Crippen LogP contribution in [0.3, 0.4) is 0 Å². The van der Waals surface area contributed by atoms with Gasteiger partial charge < -0.3 is 5.73 Å². The molecular weight excluding hydrogens is 184 g/mol. The van der Waals surface area contributed by atoms with Crippen molar-refractivity contribution in [2.45, 2.75) is 57.9 Å². The molecule has 2 atom stereocenters. The average Bonchev–Trinajstić information content (AvgIpc) is 2.29. The first-order valence-corrected chi connectivity index (χ1v) is 6.59. The van der Waals surface area contributed by atoms with Crippen LogP contribution >= 0.6 is 0 Å². The Hall–Kier alpha value is -0.0800. The molecule has 90 valence electrons. The van der Waals surface area contributed by atoms with Crippen molar-refractivity contribution in [1.82, 2.24) is 4.90 Å². The SMILES string of the molecule is CCCN(C)C1(CN)CCCC(CC)C1. The van der Waals surface area contributed by atoms with Crippen LogP contribution in [0.15, 0.2) is 0 Å². The Morgan fingerprint density at radius 3 is 2.67 bits per heavy atom. The standard InChI is InChI=1S/C13H28N2/c1-4-9-15(3)13(11-14)8-6-7-12(5-2)10-13/h12H,4-11,14H2,1-3H3. The molecule has 0 aliphatic heterocycles. The minimum absolute atomic E-state index is 0.314. The molecular formula is C13H28N2. The second-order valence-electron chi connectivity index (χ2n) is 5.22. The lowest BCUT2D eigenvalue weighted by Gasteiger charge is -2.46. The van der Waals surface area contributed by atoms with Crippen molar-refractivity contribution >= 4 is 0 Å². The monoisotopic (exact) mass is 212 g/mol. The zero-order chi connectivity index (χ0) is 11.3. The van der Waals surface area contributed by atoms with Gasteiger partial charge in [0.05, 0.1) is 0 Å². The molecule has 2 nitrogen and oxygen atoms in total. The Kier molecular flexibility index (Phi) is 5.07. The molecule has 0 aromatic heterocycles. The van der Waals surface area contributed by atoms with Gasteiger partial charge in [-0.2, -0.15) is 0 Å². The number of nitrogens with zero attached hydrogens (tertiary/aromatic N) is 1. The van der Waals surface area contributed by atoms with E-state index in [1.165, 1.54) is 45.1 Å². The molecule has 0 amide bonds. The lowest BCUT2D eigenvalue weighted by Crippen LogP contribution is -2.54. The van der Waals surface area contributed by atoms with E-state index < -0.39 is 0 Å². The molecule has 1 saturated carbocycles. The third-order valence-electron chi connectivity index (χ3n) is 4.25. The van der Waals surface area contributed by atoms with Crippen LogP contribution in [-0.4, -0.2) is 30.6 Å². The summed E-state index contributed by atoms with van der Waals surface area (Å²) in [6.07, 6.45) is 7.95. The van der Waals surface area contributed by atoms with E-state index in [-0.39, 0.29) is 0 Å². The molecule has 1 rings (SSSR count). The Morgan fingerprint density at radius 2 is 2.13 bits per heavy atom. The highest BCUT2D eigenvalue weighted by Gasteiger charge is 2.37. The Bertz CT molecular complexity index is 181. The number of rotatable bonds is 5. The highest BCUT2D eigenvalue weighted by molar-refractivity contribution is 4.95. The van der Waals surface area contributed by atoms with Crippen LogP contribution in [0.1, 0.15) is 52.4 Å². The molecule has 0 heterocycles. The van der Waals surface area contributed by atoms with E-state index in [0.717, 1.165) is 12.5 Å². The Morgan fingerprint density at radius 1 is 1.40 bits per heavy atom. The summed E-state index contributed by atoms with van der Waals surface area (Å²) in [5.41, 5.74) is 6.36. The third kappa shape index (κ3) is 2.94. The van der Waals surface area contributed by atoms with Gasteiger partial charge in [0.25, 0.3) is 0 Å². The van der Waals surface area contributed by atoms with Gasteiger partial charge in [-0.3, -0.25) is 4.90 Å². The molecule has 1 aliphatic carbocycles. The average molecular weight is 212 g/mol. The lowest BCUT2D eigenvalue weighted by molar-refractivity contribution is 0.0565. The number of nitrogens with two attached hydrogens (primary N) is 1. The summed E-state index contributed by atoms with van der Waals surface area (Å²) in [5.74, 6) is 0.904. The van der Waals surface area contributed by atoms with E-state index in [2.05, 4.69) is 25.8 Å². The third-order valence-corrected chi connectivity index (χ3v) is 4.25. The van der Waals surface area contributed by atoms with Gasteiger partial charge in [-0.1, -0.05) is 33.1 Å². The van der Waals surface area contributed by atoms with Gasteiger partial charge in [-0.15, -0.1) is 0 Å². The topological polar surface area (TPSA) is 29.3 Å². The Balaban J connectivity index is 2.65. The molecule has 2 heteroatoms. The highest BCUT2D eigenvalue weighted by atomic mass is 15.2. The molecule has 2 N–H and O–H groups in total. The summed E-state index contributed by atoms with van der Waals surface area (Å²) >= 11 is 0. The van der Waals surface area contributed by atoms with Gasteiger partial charge in [0.15, 0.2) is 0 Å². The molecule has 0 aromatic rings. The predicted octanol–water partition coefficient (Wildman–Crippen LogP) is 2.63. The maximum atomic E-state index is 6.04. The van der Waals surface area contributed by atoms with Gasteiger partial charge in [0.1, 0.15) is 0 Å². The lowest BCUT2D eigenvalue weighted by atomic mass is 9.74. The number of hydrogen-bond acceptors (Lipinski definition) is 2. The predicted molar refractivity (Wildman–Crippen MR) is 67.0 cm³/mol. The molecule has 0 spiro atoms. The van der Waals surface area contributed by atoms with Crippen LogP contribution in [-0.2, 0) is 0 Å². The van der Waals surface area contributed by atoms with Crippen molar-refractivity contribution in [3.8, 4) is 0 Å². The molecule has 2 unspecified atom stereocenters. The van der Waals surface area contributed by atoms with Gasteiger partial charge in [0, 0.05) is 12.1 Å². The summed E-state index contributed by atoms with van der Waals surface area (Å²) in [5, 5.41) is 0. The van der Waals surface area contributed by atoms with Crippen LogP contribution in [0.2, 0.25) is 0 Å². The van der Waals surface area contributed by atoms with Gasteiger partial charge >= 0.3 is 0 Å². The van der Waals surface area contributed by atoms with Crippen molar-refractivity contribution in [3.05, 3.63) is 0 Å². The van der Waals surface area contributed by atoms with Crippen LogP contribution in [0.5, 0.6) is 0 Å². The molecule has 0 bridgehead atoms. The van der Waals surface area contributed by atoms with Gasteiger partial charge in [-0.25, -0.2) is 0 Å². The second-order valence-corrected chi connectivity index (χ2v) is 5.22. The Labute approximate surface area is 95.2 Å². The summed E-state index contributed by atoms with van der Waals surface area (Å²) < 4.78 is 0. The molecule has 0 radical (unpaired) electrons. The largest absolute Gasteiger partial charge is 0.329 e. The molecule has 0 saturated heterocycles. The van der Waals surface area contributed by atoms with Gasteiger partial charge in [-0.05, 0) is 38.8 Å². The fraction of sp³-hybridized carbons (Fsp3) is 1.00. The summed E-state index contributed by atoms with van der Waals surface area (Å²) in [7, 11) is 2.26. The molecule has 1 fully saturated rings. The van der Waals surface area contributed by atoms with E-state index in [4.69, 9.17) is 5.73 Å². The summed E-state index contributed by atoms with van der Waals surface area (Å²) in [6, 6.07) is 0. The molecule has 0 aromatic carbocycles. The maximum Gasteiger partial charge on any atom is 0.0331 e. The van der Waals surface area contributed by atoms with Crippen molar-refractivity contribution < 1.29 is 0 Å². The minimum Gasteiger partial charge on any atom is -0.329 e. The van der Waals surface area contributed by atoms with Gasteiger partial charge in [0.2, 0.25) is 0 Å². The van der Waals surface area contributed by atoms with Crippen molar-refractivity contribution in [3.63, 3.8) is 0 Å². The number of hydrogen-bond donors (Lipinski definition) is 1. The molecule has 15 heavy (non-hydrogen) atoms. The van der Waals surface area contributed by atoms with Crippen LogP contribution in [0, 0.1) is 5.92 Å². The highest BCUT2D eigenvalue weighted by Crippen LogP contribution is 2.37. The van der Waals surface area contributed by atoms with E-state index >= 15 is 0 Å². The van der Waals surface area contributed by atoms with Crippen molar-refractivity contribution in [2.75, 3.05) is 20.1 Å². The van der Waals surface area contributed by atoms with E-state index in [9.17, 15) is 0 Å². The van der Waals surface area contributed by atoms with E-state index in [1.54, 1.807) is 0 Å². The quantitative estimate of drug-likeness (QED) is 0.759.